The molecule has 6 heteroatoms. The van der Waals surface area contributed by atoms with Crippen LogP contribution in [0.15, 0.2) is 78.9 Å². The molecule has 3 aromatic carbocycles. The number of nitrogens with zero attached hydrogens (tertiary/aromatic N) is 1. The number of urea groups is 1. The summed E-state index contributed by atoms with van der Waals surface area (Å²) in [5.74, 6) is 2.17. The van der Waals surface area contributed by atoms with Gasteiger partial charge in [0.1, 0.15) is 11.5 Å². The second-order valence-electron chi connectivity index (χ2n) is 9.40. The summed E-state index contributed by atoms with van der Waals surface area (Å²) >= 11 is 0. The minimum absolute atomic E-state index is 0.0485. The topological polar surface area (TPSA) is 70.7 Å². The number of benzene rings is 3. The lowest BCUT2D eigenvalue weighted by molar-refractivity contribution is -0.121. The fourth-order valence-electron chi connectivity index (χ4n) is 4.52. The number of carbonyl (C=O) groups is 2. The minimum Gasteiger partial charge on any atom is -0.457 e. The van der Waals surface area contributed by atoms with Crippen molar-refractivity contribution in [3.05, 3.63) is 84.4 Å². The third kappa shape index (κ3) is 7.60. The van der Waals surface area contributed by atoms with Crippen molar-refractivity contribution < 1.29 is 14.3 Å². The van der Waals surface area contributed by atoms with Gasteiger partial charge >= 0.3 is 6.03 Å². The molecule has 0 saturated heterocycles. The normalized spacial score (nSPS) is 13.2. The van der Waals surface area contributed by atoms with Crippen LogP contribution >= 0.6 is 0 Å². The minimum atomic E-state index is -0.254. The summed E-state index contributed by atoms with van der Waals surface area (Å²) in [5.41, 5.74) is 2.57. The lowest BCUT2D eigenvalue weighted by Crippen LogP contribution is -2.41. The average molecular weight is 486 g/mol. The molecule has 36 heavy (non-hydrogen) atoms. The quantitative estimate of drug-likeness (QED) is 0.328. The molecule has 0 unspecified atom stereocenters. The van der Waals surface area contributed by atoms with E-state index in [1.807, 2.05) is 85.8 Å². The maximum Gasteiger partial charge on any atom is 0.326 e. The van der Waals surface area contributed by atoms with Crippen molar-refractivity contribution in [2.24, 2.45) is 5.92 Å². The summed E-state index contributed by atoms with van der Waals surface area (Å²) in [6.07, 6.45) is 6.55. The molecule has 1 aliphatic carbocycles. The van der Waals surface area contributed by atoms with Gasteiger partial charge in [-0.15, -0.1) is 0 Å². The van der Waals surface area contributed by atoms with Crippen LogP contribution in [0, 0.1) is 12.8 Å². The predicted molar refractivity (Wildman–Crippen MR) is 145 cm³/mol. The van der Waals surface area contributed by atoms with Crippen LogP contribution in [0.1, 0.15) is 44.1 Å². The molecule has 2 N–H and O–H groups in total. The zero-order valence-corrected chi connectivity index (χ0v) is 20.9. The highest BCUT2D eigenvalue weighted by Crippen LogP contribution is 2.28. The first-order valence-electron chi connectivity index (χ1n) is 12.8. The Morgan fingerprint density at radius 1 is 0.889 bits per heavy atom. The molecule has 0 spiro atoms. The summed E-state index contributed by atoms with van der Waals surface area (Å²) in [6.45, 7) is 2.74. The lowest BCUT2D eigenvalue weighted by atomic mass is 10.0. The number of ether oxygens (including phenoxy) is 1. The van der Waals surface area contributed by atoms with Gasteiger partial charge in [0.2, 0.25) is 5.91 Å². The van der Waals surface area contributed by atoms with Gasteiger partial charge in [-0.2, -0.15) is 0 Å². The largest absolute Gasteiger partial charge is 0.457 e. The van der Waals surface area contributed by atoms with E-state index in [2.05, 4.69) is 10.6 Å². The van der Waals surface area contributed by atoms with Gasteiger partial charge in [0, 0.05) is 30.9 Å². The molecule has 3 aromatic rings. The van der Waals surface area contributed by atoms with Gasteiger partial charge in [0.15, 0.2) is 0 Å². The van der Waals surface area contributed by atoms with E-state index in [1.54, 1.807) is 4.90 Å². The van der Waals surface area contributed by atoms with Crippen LogP contribution in [0.25, 0.3) is 0 Å². The lowest BCUT2D eigenvalue weighted by Gasteiger charge is -2.24. The number of rotatable bonds is 10. The second kappa shape index (κ2) is 12.8. The molecular formula is C30H35N3O3. The van der Waals surface area contributed by atoms with Crippen LogP contribution in [0.2, 0.25) is 0 Å². The maximum atomic E-state index is 13.2. The Kier molecular flexibility index (Phi) is 8.98. The van der Waals surface area contributed by atoms with Crippen molar-refractivity contribution >= 4 is 23.3 Å². The molecule has 0 atom stereocenters. The van der Waals surface area contributed by atoms with Crippen LogP contribution in [-0.4, -0.2) is 25.0 Å². The van der Waals surface area contributed by atoms with E-state index >= 15 is 0 Å². The molecule has 3 amide bonds. The highest BCUT2D eigenvalue weighted by molar-refractivity contribution is 6.01. The highest BCUT2D eigenvalue weighted by atomic mass is 16.5. The highest BCUT2D eigenvalue weighted by Gasteiger charge is 2.18. The van der Waals surface area contributed by atoms with Gasteiger partial charge in [-0.1, -0.05) is 61.6 Å². The Balaban J connectivity index is 1.38. The molecule has 0 aliphatic heterocycles. The molecule has 4 rings (SSSR count). The third-order valence-electron chi connectivity index (χ3n) is 6.59. The standard InChI is InChI=1S/C30H35N3O3/c1-23-11-14-25(15-12-23)32-30(35)33(22-21-31-29(34)20-13-24-7-5-6-8-24)26-16-18-28(19-17-26)36-27-9-3-2-4-10-27/h2-4,9-12,14-19,24H,5-8,13,20-22H2,1H3,(H,31,34)(H,32,35). The Morgan fingerprint density at radius 2 is 1.56 bits per heavy atom. The monoisotopic (exact) mass is 485 g/mol. The first kappa shape index (κ1) is 25.3. The van der Waals surface area contributed by atoms with E-state index < -0.39 is 0 Å². The van der Waals surface area contributed by atoms with Crippen LogP contribution in [0.5, 0.6) is 11.5 Å². The molecule has 0 heterocycles. The molecule has 0 radical (unpaired) electrons. The smallest absolute Gasteiger partial charge is 0.326 e. The molecule has 0 aromatic heterocycles. The number of para-hydroxylation sites is 1. The SMILES string of the molecule is Cc1ccc(NC(=O)N(CCNC(=O)CCC2CCCC2)c2ccc(Oc3ccccc3)cc2)cc1. The van der Waals surface area contributed by atoms with Gasteiger partial charge in [0.05, 0.1) is 0 Å². The van der Waals surface area contributed by atoms with E-state index in [0.29, 0.717) is 31.2 Å². The van der Waals surface area contributed by atoms with Gasteiger partial charge in [0.25, 0.3) is 0 Å². The molecule has 1 aliphatic rings. The summed E-state index contributed by atoms with van der Waals surface area (Å²) < 4.78 is 5.89. The molecule has 1 fully saturated rings. The summed E-state index contributed by atoms with van der Waals surface area (Å²) in [4.78, 5) is 27.2. The molecule has 6 nitrogen and oxygen atoms in total. The van der Waals surface area contributed by atoms with E-state index in [9.17, 15) is 9.59 Å². The second-order valence-corrected chi connectivity index (χ2v) is 9.40. The van der Waals surface area contributed by atoms with E-state index in [4.69, 9.17) is 4.74 Å². The van der Waals surface area contributed by atoms with Crippen LogP contribution in [0.3, 0.4) is 0 Å². The van der Waals surface area contributed by atoms with Crippen LogP contribution < -0.4 is 20.3 Å². The average Bonchev–Trinajstić information content (AvgIpc) is 3.42. The number of aryl methyl sites for hydroxylation is 1. The number of carbonyl (C=O) groups excluding carboxylic acids is 2. The van der Waals surface area contributed by atoms with Gasteiger partial charge in [-0.25, -0.2) is 4.79 Å². The van der Waals surface area contributed by atoms with Gasteiger partial charge in [-0.3, -0.25) is 9.69 Å². The number of hydrogen-bond acceptors (Lipinski definition) is 3. The fourth-order valence-corrected chi connectivity index (χ4v) is 4.52. The molecule has 188 valence electrons. The Morgan fingerprint density at radius 3 is 2.25 bits per heavy atom. The molecular weight excluding hydrogens is 450 g/mol. The zero-order chi connectivity index (χ0) is 25.2. The van der Waals surface area contributed by atoms with Crippen LogP contribution in [-0.2, 0) is 4.79 Å². The zero-order valence-electron chi connectivity index (χ0n) is 20.9. The van der Waals surface area contributed by atoms with E-state index in [1.165, 1.54) is 25.7 Å². The first-order valence-corrected chi connectivity index (χ1v) is 12.8. The molecule has 1 saturated carbocycles. The number of nitrogens with one attached hydrogen (secondary N) is 2. The number of hydrogen-bond donors (Lipinski definition) is 2. The first-order chi connectivity index (χ1) is 17.6. The van der Waals surface area contributed by atoms with Crippen molar-refractivity contribution in [2.45, 2.75) is 45.4 Å². The van der Waals surface area contributed by atoms with Gasteiger partial charge in [-0.05, 0) is 67.8 Å². The van der Waals surface area contributed by atoms with Crippen molar-refractivity contribution in [3.63, 3.8) is 0 Å². The van der Waals surface area contributed by atoms with Crippen molar-refractivity contribution in [1.82, 2.24) is 5.32 Å². The Hall–Kier alpha value is -3.80. The Labute approximate surface area is 213 Å². The Bertz CT molecular complexity index is 1110. The van der Waals surface area contributed by atoms with Crippen molar-refractivity contribution in [3.8, 4) is 11.5 Å². The number of amides is 3. The van der Waals surface area contributed by atoms with Crippen molar-refractivity contribution in [1.29, 1.82) is 0 Å². The van der Waals surface area contributed by atoms with E-state index in [0.717, 1.165) is 29.1 Å². The summed E-state index contributed by atoms with van der Waals surface area (Å²) in [7, 11) is 0. The molecule has 0 bridgehead atoms. The number of anilines is 2. The summed E-state index contributed by atoms with van der Waals surface area (Å²) in [5, 5.41) is 5.96. The third-order valence-corrected chi connectivity index (χ3v) is 6.59. The van der Waals surface area contributed by atoms with Gasteiger partial charge < -0.3 is 15.4 Å². The van der Waals surface area contributed by atoms with Crippen LogP contribution in [0.4, 0.5) is 16.2 Å². The predicted octanol–water partition coefficient (Wildman–Crippen LogP) is 6.91. The van der Waals surface area contributed by atoms with Crippen molar-refractivity contribution in [2.75, 3.05) is 23.3 Å². The fraction of sp³-hybridized carbons (Fsp3) is 0.333. The van der Waals surface area contributed by atoms with E-state index in [-0.39, 0.29) is 11.9 Å². The maximum absolute atomic E-state index is 13.2. The summed E-state index contributed by atoms with van der Waals surface area (Å²) in [6, 6.07) is 24.4.